The highest BCUT2D eigenvalue weighted by Crippen LogP contribution is 2.36. The van der Waals surface area contributed by atoms with Gasteiger partial charge in [0, 0.05) is 23.6 Å². The minimum Gasteiger partial charge on any atom is -0.338 e. The summed E-state index contributed by atoms with van der Waals surface area (Å²) in [5.41, 5.74) is 6.30. The summed E-state index contributed by atoms with van der Waals surface area (Å²) in [6.07, 6.45) is 3.30. The number of nitrogens with zero attached hydrogens (tertiary/aromatic N) is 1. The van der Waals surface area contributed by atoms with E-state index < -0.39 is 5.82 Å². The molecular weight excluding hydrogens is 323 g/mol. The molecule has 0 aromatic heterocycles. The first-order valence-corrected chi connectivity index (χ1v) is 7.85. The van der Waals surface area contributed by atoms with E-state index in [1.54, 1.807) is 17.0 Å². The monoisotopic (exact) mass is 340 g/mol. The molecule has 3 atom stereocenters. The maximum atomic E-state index is 13.8. The van der Waals surface area contributed by atoms with E-state index in [2.05, 4.69) is 15.9 Å². The zero-order chi connectivity index (χ0) is 14.3. The predicted molar refractivity (Wildman–Crippen MR) is 78.8 cm³/mol. The van der Waals surface area contributed by atoms with Crippen molar-refractivity contribution in [3.8, 4) is 0 Å². The van der Waals surface area contributed by atoms with Crippen LogP contribution in [0.1, 0.15) is 29.6 Å². The van der Waals surface area contributed by atoms with Crippen molar-refractivity contribution < 1.29 is 9.18 Å². The van der Waals surface area contributed by atoms with Crippen molar-refractivity contribution in [2.75, 3.05) is 13.1 Å². The SMILES string of the molecule is NC1CCCC2CN(C(=O)c3cc(Br)ccc3F)CC12. The number of hydrogen-bond donors (Lipinski definition) is 1. The molecule has 3 unspecified atom stereocenters. The van der Waals surface area contributed by atoms with E-state index in [1.807, 2.05) is 0 Å². The molecule has 1 saturated carbocycles. The van der Waals surface area contributed by atoms with Crippen LogP contribution in [0.5, 0.6) is 0 Å². The number of halogens is 2. The number of carbonyl (C=O) groups excluding carboxylic acids is 1. The normalized spacial score (nSPS) is 29.4. The number of nitrogens with two attached hydrogens (primary N) is 1. The van der Waals surface area contributed by atoms with Crippen LogP contribution in [0.3, 0.4) is 0 Å². The van der Waals surface area contributed by atoms with Crippen LogP contribution >= 0.6 is 15.9 Å². The molecule has 108 valence electrons. The van der Waals surface area contributed by atoms with Gasteiger partial charge in [-0.15, -0.1) is 0 Å². The molecule has 5 heteroatoms. The Kier molecular flexibility index (Phi) is 3.82. The highest BCUT2D eigenvalue weighted by atomic mass is 79.9. The van der Waals surface area contributed by atoms with Crippen LogP contribution in [-0.4, -0.2) is 29.9 Å². The van der Waals surface area contributed by atoms with Gasteiger partial charge in [-0.3, -0.25) is 4.79 Å². The van der Waals surface area contributed by atoms with E-state index in [4.69, 9.17) is 5.73 Å². The third kappa shape index (κ3) is 2.49. The summed E-state index contributed by atoms with van der Waals surface area (Å²) >= 11 is 3.29. The Morgan fingerprint density at radius 1 is 1.35 bits per heavy atom. The lowest BCUT2D eigenvalue weighted by Gasteiger charge is -2.29. The second-order valence-electron chi connectivity index (χ2n) is 5.85. The van der Waals surface area contributed by atoms with Gasteiger partial charge < -0.3 is 10.6 Å². The third-order valence-electron chi connectivity index (χ3n) is 4.60. The summed E-state index contributed by atoms with van der Waals surface area (Å²) in [6, 6.07) is 4.66. The zero-order valence-electron chi connectivity index (χ0n) is 11.2. The molecule has 0 bridgehead atoms. The maximum Gasteiger partial charge on any atom is 0.256 e. The molecular formula is C15H18BrFN2O. The molecule has 2 N–H and O–H groups in total. The van der Waals surface area contributed by atoms with Gasteiger partial charge in [0.25, 0.3) is 5.91 Å². The smallest absolute Gasteiger partial charge is 0.256 e. The lowest BCUT2D eigenvalue weighted by atomic mass is 9.78. The average Bonchev–Trinajstić information content (AvgIpc) is 2.86. The Bertz CT molecular complexity index is 537. The summed E-state index contributed by atoms with van der Waals surface area (Å²) in [4.78, 5) is 14.3. The van der Waals surface area contributed by atoms with Gasteiger partial charge in [-0.2, -0.15) is 0 Å². The molecule has 1 amide bonds. The summed E-state index contributed by atoms with van der Waals surface area (Å²) in [5.74, 6) is 0.184. The number of likely N-dealkylation sites (tertiary alicyclic amines) is 1. The van der Waals surface area contributed by atoms with E-state index in [0.717, 1.165) is 23.7 Å². The van der Waals surface area contributed by atoms with E-state index in [-0.39, 0.29) is 17.5 Å². The Balaban J connectivity index is 1.80. The highest BCUT2D eigenvalue weighted by molar-refractivity contribution is 9.10. The van der Waals surface area contributed by atoms with Gasteiger partial charge in [0.1, 0.15) is 5.82 Å². The molecule has 3 rings (SSSR count). The molecule has 2 fully saturated rings. The van der Waals surface area contributed by atoms with E-state index in [1.165, 1.54) is 6.07 Å². The number of benzene rings is 1. The standard InChI is InChI=1S/C15H18BrFN2O/c16-10-4-5-13(17)11(6-10)15(20)19-7-9-2-1-3-14(18)12(9)8-19/h4-6,9,12,14H,1-3,7-8,18H2. The van der Waals surface area contributed by atoms with Crippen LogP contribution in [0.4, 0.5) is 4.39 Å². The number of rotatable bonds is 1. The van der Waals surface area contributed by atoms with Crippen LogP contribution in [0.15, 0.2) is 22.7 Å². The Morgan fingerprint density at radius 3 is 2.90 bits per heavy atom. The fraction of sp³-hybridized carbons (Fsp3) is 0.533. The minimum atomic E-state index is -0.461. The highest BCUT2D eigenvalue weighted by Gasteiger charge is 2.40. The Hall–Kier alpha value is -0.940. The first-order valence-electron chi connectivity index (χ1n) is 7.06. The van der Waals surface area contributed by atoms with Crippen molar-refractivity contribution in [2.45, 2.75) is 25.3 Å². The lowest BCUT2D eigenvalue weighted by molar-refractivity contribution is 0.0778. The zero-order valence-corrected chi connectivity index (χ0v) is 12.8. The number of hydrogen-bond acceptors (Lipinski definition) is 2. The average molecular weight is 341 g/mol. The van der Waals surface area contributed by atoms with Gasteiger partial charge in [-0.25, -0.2) is 4.39 Å². The topological polar surface area (TPSA) is 46.3 Å². The van der Waals surface area contributed by atoms with Crippen molar-refractivity contribution in [3.05, 3.63) is 34.1 Å². The number of amides is 1. The fourth-order valence-corrected chi connectivity index (χ4v) is 3.88. The van der Waals surface area contributed by atoms with Crippen LogP contribution in [0, 0.1) is 17.7 Å². The largest absolute Gasteiger partial charge is 0.338 e. The van der Waals surface area contributed by atoms with E-state index >= 15 is 0 Å². The van der Waals surface area contributed by atoms with Crippen LogP contribution in [-0.2, 0) is 0 Å². The van der Waals surface area contributed by atoms with Gasteiger partial charge in [0.05, 0.1) is 5.56 Å². The molecule has 1 heterocycles. The summed E-state index contributed by atoms with van der Waals surface area (Å²) < 4.78 is 14.5. The van der Waals surface area contributed by atoms with E-state index in [0.29, 0.717) is 24.9 Å². The molecule has 1 aliphatic carbocycles. The maximum absolute atomic E-state index is 13.8. The second kappa shape index (κ2) is 5.45. The van der Waals surface area contributed by atoms with Crippen LogP contribution in [0.25, 0.3) is 0 Å². The predicted octanol–water partition coefficient (Wildman–Crippen LogP) is 2.79. The van der Waals surface area contributed by atoms with Crippen molar-refractivity contribution in [2.24, 2.45) is 17.6 Å². The Labute approximate surface area is 126 Å². The van der Waals surface area contributed by atoms with Crippen molar-refractivity contribution in [1.82, 2.24) is 4.90 Å². The van der Waals surface area contributed by atoms with Crippen LogP contribution in [0.2, 0.25) is 0 Å². The number of carbonyl (C=O) groups is 1. The number of fused-ring (bicyclic) bond motifs is 1. The fourth-order valence-electron chi connectivity index (χ4n) is 3.51. The van der Waals surface area contributed by atoms with Crippen molar-refractivity contribution >= 4 is 21.8 Å². The minimum absolute atomic E-state index is 0.145. The van der Waals surface area contributed by atoms with Gasteiger partial charge in [0.15, 0.2) is 0 Å². The van der Waals surface area contributed by atoms with Crippen LogP contribution < -0.4 is 5.73 Å². The third-order valence-corrected chi connectivity index (χ3v) is 5.09. The lowest BCUT2D eigenvalue weighted by Crippen LogP contribution is -2.38. The summed E-state index contributed by atoms with van der Waals surface area (Å²) in [6.45, 7) is 1.37. The molecule has 3 nitrogen and oxygen atoms in total. The summed E-state index contributed by atoms with van der Waals surface area (Å²) in [5, 5.41) is 0. The molecule has 1 aromatic rings. The van der Waals surface area contributed by atoms with E-state index in [9.17, 15) is 9.18 Å². The first kappa shape index (κ1) is 14.0. The molecule has 1 aromatic carbocycles. The quantitative estimate of drug-likeness (QED) is 0.854. The summed E-state index contributed by atoms with van der Waals surface area (Å²) in [7, 11) is 0. The van der Waals surface area contributed by atoms with Crippen molar-refractivity contribution in [3.63, 3.8) is 0 Å². The molecule has 1 aliphatic heterocycles. The first-order chi connectivity index (χ1) is 9.56. The molecule has 20 heavy (non-hydrogen) atoms. The molecule has 0 radical (unpaired) electrons. The Morgan fingerprint density at radius 2 is 2.15 bits per heavy atom. The van der Waals surface area contributed by atoms with Crippen molar-refractivity contribution in [1.29, 1.82) is 0 Å². The molecule has 1 saturated heterocycles. The van der Waals surface area contributed by atoms with Gasteiger partial charge >= 0.3 is 0 Å². The second-order valence-corrected chi connectivity index (χ2v) is 6.77. The molecule has 2 aliphatic rings. The van der Waals surface area contributed by atoms with Gasteiger partial charge in [0.2, 0.25) is 0 Å². The van der Waals surface area contributed by atoms with Gasteiger partial charge in [-0.05, 0) is 42.9 Å². The van der Waals surface area contributed by atoms with Gasteiger partial charge in [-0.1, -0.05) is 22.4 Å². The molecule has 0 spiro atoms.